The second-order valence-corrected chi connectivity index (χ2v) is 6.19. The molecule has 0 aliphatic carbocycles. The molecular formula is C19H12ClFN2O2. The van der Waals surface area contributed by atoms with Crippen LogP contribution in [0, 0.1) is 5.82 Å². The highest BCUT2D eigenvalue weighted by Crippen LogP contribution is 2.25. The van der Waals surface area contributed by atoms with Crippen molar-refractivity contribution in [3.8, 4) is 0 Å². The Morgan fingerprint density at radius 2 is 1.68 bits per heavy atom. The minimum atomic E-state index is -0.380. The Bertz CT molecular complexity index is 1000. The number of amides is 2. The maximum atomic E-state index is 13.3. The lowest BCUT2D eigenvalue weighted by Gasteiger charge is -2.14. The Hall–Kier alpha value is -2.79. The number of carbonyl (C=O) groups is 2. The molecule has 2 aromatic carbocycles. The van der Waals surface area contributed by atoms with E-state index in [1.54, 1.807) is 30.3 Å². The van der Waals surface area contributed by atoms with E-state index in [1.165, 1.54) is 17.0 Å². The number of halogens is 2. The molecule has 4 nitrogen and oxygen atoms in total. The van der Waals surface area contributed by atoms with Crippen molar-refractivity contribution >= 4 is 34.3 Å². The number of hydrogen-bond acceptors (Lipinski definition) is 3. The van der Waals surface area contributed by atoms with Gasteiger partial charge in [-0.3, -0.25) is 14.5 Å². The summed E-state index contributed by atoms with van der Waals surface area (Å²) in [7, 11) is 0. The van der Waals surface area contributed by atoms with Crippen LogP contribution in [0.3, 0.4) is 0 Å². The van der Waals surface area contributed by atoms with Crippen LogP contribution in [0.25, 0.3) is 10.9 Å². The van der Waals surface area contributed by atoms with Crippen molar-refractivity contribution in [2.75, 3.05) is 6.54 Å². The van der Waals surface area contributed by atoms with E-state index in [9.17, 15) is 14.0 Å². The molecule has 0 spiro atoms. The molecule has 25 heavy (non-hydrogen) atoms. The highest BCUT2D eigenvalue weighted by atomic mass is 35.5. The van der Waals surface area contributed by atoms with Gasteiger partial charge in [-0.25, -0.2) is 9.37 Å². The lowest BCUT2D eigenvalue weighted by Crippen LogP contribution is -2.31. The molecule has 0 fully saturated rings. The third kappa shape index (κ3) is 2.66. The summed E-state index contributed by atoms with van der Waals surface area (Å²) in [5, 5.41) is 0.998. The topological polar surface area (TPSA) is 50.3 Å². The van der Waals surface area contributed by atoms with Gasteiger partial charge < -0.3 is 0 Å². The Balaban J connectivity index is 1.59. The van der Waals surface area contributed by atoms with Gasteiger partial charge in [0.15, 0.2) is 0 Å². The smallest absolute Gasteiger partial charge is 0.261 e. The Morgan fingerprint density at radius 1 is 1.00 bits per heavy atom. The fraction of sp³-hybridized carbons (Fsp3) is 0.105. The summed E-state index contributed by atoms with van der Waals surface area (Å²) in [4.78, 5) is 30.2. The molecule has 0 saturated carbocycles. The molecule has 4 rings (SSSR count). The van der Waals surface area contributed by atoms with Gasteiger partial charge in [0.2, 0.25) is 0 Å². The number of pyridine rings is 1. The second kappa shape index (κ2) is 5.93. The van der Waals surface area contributed by atoms with E-state index in [2.05, 4.69) is 4.98 Å². The van der Waals surface area contributed by atoms with Crippen molar-refractivity contribution in [1.82, 2.24) is 9.88 Å². The molecule has 1 aliphatic heterocycles. The SMILES string of the molecule is O=C1c2ccccc2C(=O)N1CCc1cc2ccc(F)cc2nc1Cl. The van der Waals surface area contributed by atoms with Crippen LogP contribution in [0.2, 0.25) is 5.15 Å². The highest BCUT2D eigenvalue weighted by molar-refractivity contribution is 6.30. The molecule has 0 atom stereocenters. The van der Waals surface area contributed by atoms with Crippen molar-refractivity contribution in [1.29, 1.82) is 0 Å². The monoisotopic (exact) mass is 354 g/mol. The number of benzene rings is 2. The standard InChI is InChI=1S/C19H12ClFN2O2/c20-17-12(9-11-5-6-13(21)10-16(11)22-17)7-8-23-18(24)14-3-1-2-4-15(14)19(23)25/h1-6,9-10H,7-8H2. The summed E-state index contributed by atoms with van der Waals surface area (Å²) in [5.74, 6) is -0.977. The first-order chi connectivity index (χ1) is 12.0. The van der Waals surface area contributed by atoms with Gasteiger partial charge >= 0.3 is 0 Å². The first kappa shape index (κ1) is 15.7. The quantitative estimate of drug-likeness (QED) is 0.530. The lowest BCUT2D eigenvalue weighted by molar-refractivity contribution is 0.0656. The van der Waals surface area contributed by atoms with Crippen LogP contribution in [-0.4, -0.2) is 28.2 Å². The van der Waals surface area contributed by atoms with Crippen LogP contribution in [0.5, 0.6) is 0 Å². The Morgan fingerprint density at radius 3 is 2.36 bits per heavy atom. The van der Waals surface area contributed by atoms with Crippen LogP contribution < -0.4 is 0 Å². The van der Waals surface area contributed by atoms with Gasteiger partial charge in [-0.15, -0.1) is 0 Å². The molecule has 1 aromatic heterocycles. The van der Waals surface area contributed by atoms with Gasteiger partial charge in [-0.2, -0.15) is 0 Å². The molecule has 0 radical (unpaired) electrons. The normalized spacial score (nSPS) is 13.6. The molecule has 2 amide bonds. The molecule has 0 bridgehead atoms. The minimum absolute atomic E-state index is 0.209. The van der Waals surface area contributed by atoms with Gasteiger partial charge in [0, 0.05) is 18.0 Å². The molecule has 0 saturated heterocycles. The van der Waals surface area contributed by atoms with Crippen molar-refractivity contribution in [3.63, 3.8) is 0 Å². The average Bonchev–Trinajstić information content (AvgIpc) is 2.85. The van der Waals surface area contributed by atoms with Crippen molar-refractivity contribution in [2.45, 2.75) is 6.42 Å². The number of rotatable bonds is 3. The number of carbonyl (C=O) groups excluding carboxylic acids is 2. The van der Waals surface area contributed by atoms with Crippen LogP contribution in [-0.2, 0) is 6.42 Å². The molecule has 2 heterocycles. The van der Waals surface area contributed by atoms with E-state index in [1.807, 2.05) is 6.07 Å². The molecule has 0 N–H and O–H groups in total. The van der Waals surface area contributed by atoms with Crippen molar-refractivity contribution in [3.05, 3.63) is 76.2 Å². The van der Waals surface area contributed by atoms with Gasteiger partial charge in [-0.1, -0.05) is 23.7 Å². The van der Waals surface area contributed by atoms with Gasteiger partial charge in [0.1, 0.15) is 11.0 Å². The molecule has 1 aliphatic rings. The fourth-order valence-corrected chi connectivity index (χ4v) is 3.25. The van der Waals surface area contributed by atoms with Gasteiger partial charge in [0.05, 0.1) is 16.6 Å². The number of aromatic nitrogens is 1. The molecule has 3 aromatic rings. The van der Waals surface area contributed by atoms with Crippen LogP contribution in [0.15, 0.2) is 48.5 Å². The molecule has 124 valence electrons. The van der Waals surface area contributed by atoms with Crippen molar-refractivity contribution in [2.24, 2.45) is 0 Å². The van der Waals surface area contributed by atoms with Crippen LogP contribution >= 0.6 is 11.6 Å². The zero-order valence-corrected chi connectivity index (χ0v) is 13.8. The Labute approximate surface area is 147 Å². The largest absolute Gasteiger partial charge is 0.274 e. The predicted molar refractivity (Wildman–Crippen MR) is 92.2 cm³/mol. The zero-order chi connectivity index (χ0) is 17.6. The van der Waals surface area contributed by atoms with Gasteiger partial charge in [0.25, 0.3) is 11.8 Å². The second-order valence-electron chi connectivity index (χ2n) is 5.83. The van der Waals surface area contributed by atoms with Gasteiger partial charge in [-0.05, 0) is 42.3 Å². The maximum Gasteiger partial charge on any atom is 0.261 e. The summed E-state index contributed by atoms with van der Waals surface area (Å²) in [5.41, 5.74) is 2.02. The summed E-state index contributed by atoms with van der Waals surface area (Å²) < 4.78 is 13.3. The Kier molecular flexibility index (Phi) is 3.73. The number of imide groups is 1. The third-order valence-electron chi connectivity index (χ3n) is 4.29. The number of fused-ring (bicyclic) bond motifs is 2. The predicted octanol–water partition coefficient (Wildman–Crippen LogP) is 3.87. The number of nitrogens with zero attached hydrogens (tertiary/aromatic N) is 2. The minimum Gasteiger partial charge on any atom is -0.274 e. The first-order valence-corrected chi connectivity index (χ1v) is 8.12. The van der Waals surface area contributed by atoms with E-state index in [0.717, 1.165) is 5.39 Å². The summed E-state index contributed by atoms with van der Waals surface area (Å²) in [6.45, 7) is 0.209. The summed E-state index contributed by atoms with van der Waals surface area (Å²) >= 11 is 6.18. The zero-order valence-electron chi connectivity index (χ0n) is 13.0. The fourth-order valence-electron chi connectivity index (χ4n) is 3.01. The first-order valence-electron chi connectivity index (χ1n) is 7.74. The summed E-state index contributed by atoms with van der Waals surface area (Å²) in [6.07, 6.45) is 0.380. The van der Waals surface area contributed by atoms with E-state index < -0.39 is 0 Å². The van der Waals surface area contributed by atoms with Crippen LogP contribution in [0.4, 0.5) is 4.39 Å². The van der Waals surface area contributed by atoms with E-state index in [4.69, 9.17) is 11.6 Å². The molecule has 6 heteroatoms. The van der Waals surface area contributed by atoms with E-state index >= 15 is 0 Å². The van der Waals surface area contributed by atoms with Crippen LogP contribution in [0.1, 0.15) is 26.3 Å². The van der Waals surface area contributed by atoms with E-state index in [0.29, 0.717) is 28.6 Å². The molecule has 0 unspecified atom stereocenters. The lowest BCUT2D eigenvalue weighted by atomic mass is 10.1. The summed E-state index contributed by atoms with van der Waals surface area (Å²) in [6, 6.07) is 12.9. The number of hydrogen-bond donors (Lipinski definition) is 0. The van der Waals surface area contributed by atoms with E-state index in [-0.39, 0.29) is 29.3 Å². The third-order valence-corrected chi connectivity index (χ3v) is 4.62. The maximum absolute atomic E-state index is 13.3. The van der Waals surface area contributed by atoms with Crippen molar-refractivity contribution < 1.29 is 14.0 Å². The average molecular weight is 355 g/mol. The molecular weight excluding hydrogens is 343 g/mol. The highest BCUT2D eigenvalue weighted by Gasteiger charge is 2.34.